The fourth-order valence-electron chi connectivity index (χ4n) is 5.49. The normalized spacial score (nSPS) is 26.7. The number of rotatable bonds is 5. The smallest absolute Gasteiger partial charge is 0.317 e. The number of benzene rings is 2. The molecule has 164 valence electrons. The number of nitrogens with zero attached hydrogens (tertiary/aromatic N) is 1. The molecule has 2 N–H and O–H groups in total. The van der Waals surface area contributed by atoms with E-state index in [4.69, 9.17) is 0 Å². The molecular formula is C26H27N3O3. The Bertz CT molecular complexity index is 1050. The first-order valence-corrected chi connectivity index (χ1v) is 11.2. The molecule has 2 aromatic carbocycles. The van der Waals surface area contributed by atoms with Crippen molar-refractivity contribution in [3.63, 3.8) is 0 Å². The van der Waals surface area contributed by atoms with Crippen LogP contribution >= 0.6 is 0 Å². The molecule has 1 heterocycles. The zero-order valence-electron chi connectivity index (χ0n) is 18.0. The number of nitrogens with one attached hydrogen (secondary N) is 2. The van der Waals surface area contributed by atoms with Gasteiger partial charge in [0.25, 0.3) is 0 Å². The molecule has 6 heteroatoms. The first kappa shape index (κ1) is 20.5. The number of imide groups is 1. The van der Waals surface area contributed by atoms with Crippen molar-refractivity contribution < 1.29 is 14.4 Å². The Morgan fingerprint density at radius 2 is 1.62 bits per heavy atom. The largest absolute Gasteiger partial charge is 0.320 e. The summed E-state index contributed by atoms with van der Waals surface area (Å²) in [6.45, 7) is 1.95. The Hall–Kier alpha value is -3.41. The van der Waals surface area contributed by atoms with Gasteiger partial charge in [-0.2, -0.15) is 0 Å². The third-order valence-electron chi connectivity index (χ3n) is 6.95. The summed E-state index contributed by atoms with van der Waals surface area (Å²) >= 11 is 0. The molecule has 6 nitrogen and oxygen atoms in total. The van der Waals surface area contributed by atoms with Crippen molar-refractivity contribution in [1.29, 1.82) is 0 Å². The van der Waals surface area contributed by atoms with Crippen molar-refractivity contribution in [2.24, 2.45) is 23.7 Å². The van der Waals surface area contributed by atoms with E-state index in [1.165, 1.54) is 4.90 Å². The molecule has 1 aliphatic heterocycles. The molecule has 5 atom stereocenters. The second kappa shape index (κ2) is 8.26. The lowest BCUT2D eigenvalue weighted by Gasteiger charge is -2.38. The third kappa shape index (κ3) is 3.70. The lowest BCUT2D eigenvalue weighted by molar-refractivity contribution is -0.143. The lowest BCUT2D eigenvalue weighted by Crippen LogP contribution is -2.53. The van der Waals surface area contributed by atoms with Crippen LogP contribution in [0.2, 0.25) is 0 Å². The van der Waals surface area contributed by atoms with Crippen LogP contribution in [0.15, 0.2) is 66.7 Å². The molecule has 1 saturated heterocycles. The topological polar surface area (TPSA) is 78.5 Å². The summed E-state index contributed by atoms with van der Waals surface area (Å²) in [6.07, 6.45) is 5.72. The number of carbonyl (C=O) groups excluding carboxylic acids is 3. The quantitative estimate of drug-likeness (QED) is 0.559. The fourth-order valence-corrected chi connectivity index (χ4v) is 5.49. The molecular weight excluding hydrogens is 402 g/mol. The number of anilines is 1. The SMILES string of the molecule is Cc1cccc(NC(=O)N[C@H](Cc2ccccc2)N2C(=O)[C@@H]3[C@H](C2=O)[C@H]2C=C[C@H]3CC2)c1. The predicted molar refractivity (Wildman–Crippen MR) is 121 cm³/mol. The van der Waals surface area contributed by atoms with E-state index < -0.39 is 12.2 Å². The zero-order chi connectivity index (χ0) is 22.2. The number of hydrogen-bond acceptors (Lipinski definition) is 3. The molecule has 0 radical (unpaired) electrons. The number of fused-ring (bicyclic) bond motifs is 1. The maximum atomic E-state index is 13.5. The van der Waals surface area contributed by atoms with E-state index in [-0.39, 0.29) is 35.5 Å². The van der Waals surface area contributed by atoms with Crippen LogP contribution in [0, 0.1) is 30.6 Å². The average Bonchev–Trinajstić information content (AvgIpc) is 3.07. The summed E-state index contributed by atoms with van der Waals surface area (Å²) in [6, 6.07) is 16.7. The van der Waals surface area contributed by atoms with Crippen LogP contribution in [0.25, 0.3) is 0 Å². The standard InChI is InChI=1S/C26H27N3O3/c1-16-6-5-9-20(14-16)27-26(32)28-21(15-17-7-3-2-4-8-17)29-24(30)22-18-10-11-19(13-12-18)23(22)25(29)31/h2-11,14,18-19,21-23H,12-13,15H2,1H3,(H2,27,28,32)/t18-,19-,21-,22-,23+/m0/s1. The van der Waals surface area contributed by atoms with E-state index in [0.717, 1.165) is 24.0 Å². The highest BCUT2D eigenvalue weighted by Crippen LogP contribution is 2.50. The number of carbonyl (C=O) groups is 3. The molecule has 2 bridgehead atoms. The van der Waals surface area contributed by atoms with Gasteiger partial charge in [0.15, 0.2) is 0 Å². The minimum absolute atomic E-state index is 0.116. The summed E-state index contributed by atoms with van der Waals surface area (Å²) in [5, 5.41) is 5.74. The Kier molecular flexibility index (Phi) is 5.29. The average molecular weight is 430 g/mol. The van der Waals surface area contributed by atoms with E-state index in [2.05, 4.69) is 22.8 Å². The van der Waals surface area contributed by atoms with Gasteiger partial charge >= 0.3 is 6.03 Å². The molecule has 2 aromatic rings. The second-order valence-electron chi connectivity index (χ2n) is 9.06. The summed E-state index contributed by atoms with van der Waals surface area (Å²) in [5.41, 5.74) is 2.64. The van der Waals surface area contributed by atoms with Gasteiger partial charge in [-0.15, -0.1) is 0 Å². The monoisotopic (exact) mass is 429 g/mol. The van der Waals surface area contributed by atoms with Crippen molar-refractivity contribution in [2.75, 3.05) is 5.32 Å². The predicted octanol–water partition coefficient (Wildman–Crippen LogP) is 3.88. The molecule has 6 rings (SSSR count). The summed E-state index contributed by atoms with van der Waals surface area (Å²) < 4.78 is 0. The first-order valence-electron chi connectivity index (χ1n) is 11.2. The highest BCUT2D eigenvalue weighted by atomic mass is 16.2. The lowest BCUT2D eigenvalue weighted by atomic mass is 9.63. The van der Waals surface area contributed by atoms with Gasteiger partial charge in [0.1, 0.15) is 6.17 Å². The van der Waals surface area contributed by atoms with Gasteiger partial charge in [0.2, 0.25) is 11.8 Å². The highest BCUT2D eigenvalue weighted by molar-refractivity contribution is 6.06. The Balaban J connectivity index is 1.40. The summed E-state index contributed by atoms with van der Waals surface area (Å²) in [4.78, 5) is 41.1. The van der Waals surface area contributed by atoms with Gasteiger partial charge in [-0.25, -0.2) is 4.79 Å². The van der Waals surface area contributed by atoms with E-state index in [0.29, 0.717) is 12.1 Å². The molecule has 4 amide bonds. The number of urea groups is 1. The minimum Gasteiger partial charge on any atom is -0.317 e. The summed E-state index contributed by atoms with van der Waals surface area (Å²) in [5.74, 6) is -0.682. The third-order valence-corrected chi connectivity index (χ3v) is 6.95. The Labute approximate surface area is 187 Å². The Morgan fingerprint density at radius 1 is 0.969 bits per heavy atom. The van der Waals surface area contributed by atoms with Gasteiger partial charge in [-0.1, -0.05) is 54.6 Å². The summed E-state index contributed by atoms with van der Waals surface area (Å²) in [7, 11) is 0. The fraction of sp³-hybridized carbons (Fsp3) is 0.346. The van der Waals surface area contributed by atoms with Crippen LogP contribution in [0.5, 0.6) is 0 Å². The van der Waals surface area contributed by atoms with Crippen LogP contribution in [0.1, 0.15) is 24.0 Å². The van der Waals surface area contributed by atoms with E-state index in [9.17, 15) is 14.4 Å². The van der Waals surface area contributed by atoms with Gasteiger partial charge in [0.05, 0.1) is 11.8 Å². The van der Waals surface area contributed by atoms with Crippen LogP contribution in [-0.4, -0.2) is 28.9 Å². The van der Waals surface area contributed by atoms with Gasteiger partial charge in [0, 0.05) is 12.1 Å². The van der Waals surface area contributed by atoms with Gasteiger partial charge < -0.3 is 10.6 Å². The number of likely N-dealkylation sites (tertiary alicyclic amines) is 1. The molecule has 2 fully saturated rings. The van der Waals surface area contributed by atoms with Crippen molar-refractivity contribution in [3.8, 4) is 0 Å². The second-order valence-corrected chi connectivity index (χ2v) is 9.06. The van der Waals surface area contributed by atoms with Gasteiger partial charge in [-0.3, -0.25) is 14.5 Å². The van der Waals surface area contributed by atoms with Crippen LogP contribution in [-0.2, 0) is 16.0 Å². The van der Waals surface area contributed by atoms with Crippen molar-refractivity contribution in [1.82, 2.24) is 10.2 Å². The van der Waals surface area contributed by atoms with E-state index in [1.807, 2.05) is 61.5 Å². The molecule has 0 unspecified atom stereocenters. The molecule has 0 spiro atoms. The van der Waals surface area contributed by atoms with Crippen molar-refractivity contribution >= 4 is 23.5 Å². The van der Waals surface area contributed by atoms with Crippen LogP contribution in [0.4, 0.5) is 10.5 Å². The highest BCUT2D eigenvalue weighted by Gasteiger charge is 2.58. The molecule has 0 aromatic heterocycles. The van der Waals surface area contributed by atoms with E-state index >= 15 is 0 Å². The van der Waals surface area contributed by atoms with E-state index in [1.54, 1.807) is 0 Å². The molecule has 4 aliphatic rings. The van der Waals surface area contributed by atoms with Crippen molar-refractivity contribution in [3.05, 3.63) is 77.9 Å². The van der Waals surface area contributed by atoms with Crippen LogP contribution < -0.4 is 10.6 Å². The number of hydrogen-bond donors (Lipinski definition) is 2. The number of aryl methyl sites for hydroxylation is 1. The van der Waals surface area contributed by atoms with Gasteiger partial charge in [-0.05, 0) is 54.9 Å². The number of amides is 4. The number of allylic oxidation sites excluding steroid dienone is 2. The van der Waals surface area contributed by atoms with Crippen molar-refractivity contribution in [2.45, 2.75) is 32.4 Å². The molecule has 3 aliphatic carbocycles. The first-order chi connectivity index (χ1) is 15.5. The maximum Gasteiger partial charge on any atom is 0.320 e. The van der Waals surface area contributed by atoms with Crippen LogP contribution in [0.3, 0.4) is 0 Å². The minimum atomic E-state index is -0.743. The maximum absolute atomic E-state index is 13.5. The Morgan fingerprint density at radius 3 is 2.22 bits per heavy atom. The zero-order valence-corrected chi connectivity index (χ0v) is 18.0. The molecule has 1 saturated carbocycles. The molecule has 32 heavy (non-hydrogen) atoms.